The van der Waals surface area contributed by atoms with E-state index in [2.05, 4.69) is 41.7 Å². The van der Waals surface area contributed by atoms with Crippen molar-refractivity contribution in [3.05, 3.63) is 0 Å². The third-order valence-corrected chi connectivity index (χ3v) is 14.6. The van der Waals surface area contributed by atoms with E-state index in [1.165, 1.54) is 25.7 Å². The van der Waals surface area contributed by atoms with Crippen molar-refractivity contribution in [1.29, 1.82) is 0 Å². The summed E-state index contributed by atoms with van der Waals surface area (Å²) in [7, 11) is -4.59. The summed E-state index contributed by atoms with van der Waals surface area (Å²) in [5.74, 6) is -3.57. The van der Waals surface area contributed by atoms with Crippen LogP contribution in [0.15, 0.2) is 0 Å². The van der Waals surface area contributed by atoms with Crippen molar-refractivity contribution in [2.24, 2.45) is 0 Å². The minimum absolute atomic E-state index is 0.00259. The summed E-state index contributed by atoms with van der Waals surface area (Å²) >= 11 is 0. The van der Waals surface area contributed by atoms with E-state index in [1.54, 1.807) is 4.90 Å². The molecule has 0 aromatic rings. The first kappa shape index (κ1) is 81.8. The molecular formula is C53H98N9O29P. The minimum atomic E-state index is -4.59. The summed E-state index contributed by atoms with van der Waals surface area (Å²) in [5, 5.41) is 109. The standard InChI is InChI=1S/C53H98N9O29P/c1-32(66)58-42-48(76)45(73)35(29-63)89-51(42)85-22-19-82-16-10-55-39(70)26-61(25-38(69)54-9-6-4-5-7-15-88-92(79,80)81)13-8-14-62(27-40(71)56-11-17-83-20-23-86-52-43(59-33(2)67)49(77)46(74)36(30-64)90-52)28-41(72)57-12-18-84-21-24-87-53-44(60-34(3)68)50(78)47(75)37(31-65)91-53/h35-37,42-53,63-65,73-78H,4-31H2,1-3H3,(H,54,69)(H,55,70)(H,56,71)(H,57,72)(H,58,66)(H,59,67)(H,60,68)(H2,79,80,81). The van der Waals surface area contributed by atoms with E-state index < -0.39 is 161 Å². The zero-order chi connectivity index (χ0) is 68.2. The van der Waals surface area contributed by atoms with Crippen LogP contribution in [0.2, 0.25) is 0 Å². The Hall–Kier alpha value is -4.40. The fourth-order valence-corrected chi connectivity index (χ4v) is 9.94. The van der Waals surface area contributed by atoms with E-state index >= 15 is 0 Å². The Bertz CT molecular complexity index is 2140. The molecule has 3 aliphatic rings. The average molecular weight is 1360 g/mol. The Kier molecular flexibility index (Phi) is 40.1. The Morgan fingerprint density at radius 3 is 1.00 bits per heavy atom. The number of amides is 7. The van der Waals surface area contributed by atoms with Crippen molar-refractivity contribution in [2.45, 2.75) is 145 Å². The van der Waals surface area contributed by atoms with Crippen LogP contribution in [0.4, 0.5) is 0 Å². The van der Waals surface area contributed by atoms with E-state index in [-0.39, 0.29) is 138 Å². The molecule has 0 spiro atoms. The molecule has 0 aliphatic carbocycles. The molecule has 0 radical (unpaired) electrons. The maximum atomic E-state index is 13.4. The van der Waals surface area contributed by atoms with E-state index in [4.69, 9.17) is 52.4 Å². The molecule has 3 aliphatic heterocycles. The zero-order valence-electron chi connectivity index (χ0n) is 52.1. The largest absolute Gasteiger partial charge is 0.469 e. The molecule has 15 unspecified atom stereocenters. The van der Waals surface area contributed by atoms with Crippen LogP contribution in [0.25, 0.3) is 0 Å². The Morgan fingerprint density at radius 2 is 0.707 bits per heavy atom. The zero-order valence-corrected chi connectivity index (χ0v) is 53.0. The lowest BCUT2D eigenvalue weighted by molar-refractivity contribution is -0.272. The molecule has 38 nitrogen and oxygen atoms in total. The third-order valence-electron chi connectivity index (χ3n) is 14.1. The molecule has 39 heteroatoms. The Balaban J connectivity index is 1.61. The van der Waals surface area contributed by atoms with Crippen LogP contribution < -0.4 is 37.2 Å². The van der Waals surface area contributed by atoms with Crippen LogP contribution in [0.3, 0.4) is 0 Å². The molecule has 92 heavy (non-hydrogen) atoms. The number of phosphoric ester groups is 1. The third kappa shape index (κ3) is 32.4. The smallest absolute Gasteiger partial charge is 0.394 e. The van der Waals surface area contributed by atoms with Crippen LogP contribution >= 0.6 is 7.82 Å². The summed E-state index contributed by atoms with van der Waals surface area (Å²) in [6.07, 6.45) is -14.1. The molecule has 0 bridgehead atoms. The topological polar surface area (TPSA) is 542 Å². The maximum Gasteiger partial charge on any atom is 0.469 e. The number of unbranched alkanes of at least 4 members (excludes halogenated alkanes) is 3. The molecule has 534 valence electrons. The first-order valence-electron chi connectivity index (χ1n) is 30.3. The highest BCUT2D eigenvalue weighted by molar-refractivity contribution is 7.46. The molecule has 3 saturated heterocycles. The quantitative estimate of drug-likeness (QED) is 0.0199. The van der Waals surface area contributed by atoms with Gasteiger partial charge in [-0.2, -0.15) is 0 Å². The second kappa shape index (κ2) is 45.1. The van der Waals surface area contributed by atoms with Gasteiger partial charge in [0.15, 0.2) is 18.9 Å². The molecule has 0 saturated carbocycles. The van der Waals surface area contributed by atoms with Gasteiger partial charge in [-0.3, -0.25) is 47.9 Å². The second-order valence-electron chi connectivity index (χ2n) is 21.7. The first-order valence-corrected chi connectivity index (χ1v) is 31.8. The summed E-state index contributed by atoms with van der Waals surface area (Å²) in [5.41, 5.74) is 0. The van der Waals surface area contributed by atoms with Crippen molar-refractivity contribution >= 4 is 49.2 Å². The number of hydrogen-bond acceptors (Lipinski definition) is 29. The number of nitrogens with one attached hydrogen (secondary N) is 7. The van der Waals surface area contributed by atoms with Gasteiger partial charge in [0.1, 0.15) is 73.1 Å². The number of nitrogens with zero attached hydrogens (tertiary/aromatic N) is 2. The summed E-state index contributed by atoms with van der Waals surface area (Å²) in [6, 6.07) is -3.49. The number of phosphoric acid groups is 1. The molecule has 3 fully saturated rings. The summed E-state index contributed by atoms with van der Waals surface area (Å²) in [6.45, 7) is 0.243. The van der Waals surface area contributed by atoms with Gasteiger partial charge in [0.25, 0.3) is 0 Å². The maximum absolute atomic E-state index is 13.4. The molecular weight excluding hydrogens is 1260 g/mol. The number of rotatable bonds is 47. The molecule has 0 aromatic heterocycles. The van der Waals surface area contributed by atoms with Gasteiger partial charge in [-0.15, -0.1) is 0 Å². The molecule has 15 atom stereocenters. The van der Waals surface area contributed by atoms with Crippen molar-refractivity contribution in [1.82, 2.24) is 47.0 Å². The Labute approximate surface area is 532 Å². The lowest BCUT2D eigenvalue weighted by Gasteiger charge is -2.42. The summed E-state index contributed by atoms with van der Waals surface area (Å²) < 4.78 is 65.7. The van der Waals surface area contributed by atoms with E-state index in [0.29, 0.717) is 25.7 Å². The van der Waals surface area contributed by atoms with E-state index in [0.717, 1.165) is 0 Å². The normalized spacial score (nSPS) is 26.7. The highest BCUT2D eigenvalue weighted by Crippen LogP contribution is 2.36. The number of aliphatic hydroxyl groups excluding tert-OH is 9. The van der Waals surface area contributed by atoms with Crippen LogP contribution in [0, 0.1) is 0 Å². The second-order valence-corrected chi connectivity index (χ2v) is 22.9. The van der Waals surface area contributed by atoms with Gasteiger partial charge in [0, 0.05) is 60.0 Å². The predicted molar refractivity (Wildman–Crippen MR) is 312 cm³/mol. The van der Waals surface area contributed by atoms with Gasteiger partial charge < -0.3 is 136 Å². The molecule has 0 aromatic carbocycles. The highest BCUT2D eigenvalue weighted by Gasteiger charge is 2.48. The number of ether oxygens (including phenoxy) is 9. The molecule has 3 heterocycles. The Morgan fingerprint density at radius 1 is 0.402 bits per heavy atom. The number of aliphatic hydroxyl groups is 9. The van der Waals surface area contributed by atoms with Crippen LogP contribution in [0.5, 0.6) is 0 Å². The monoisotopic (exact) mass is 1360 g/mol. The summed E-state index contributed by atoms with van der Waals surface area (Å²) in [4.78, 5) is 109. The van der Waals surface area contributed by atoms with Crippen LogP contribution in [-0.2, 0) is 85.3 Å². The van der Waals surface area contributed by atoms with Crippen LogP contribution in [0.1, 0.15) is 52.9 Å². The molecule has 3 rings (SSSR count). The van der Waals surface area contributed by atoms with Crippen molar-refractivity contribution in [3.63, 3.8) is 0 Å². The number of carbonyl (C=O) groups is 7. The fraction of sp³-hybridized carbons (Fsp3) is 0.868. The van der Waals surface area contributed by atoms with E-state index in [1.807, 2.05) is 0 Å². The van der Waals surface area contributed by atoms with Gasteiger partial charge >= 0.3 is 7.82 Å². The lowest BCUT2D eigenvalue weighted by Crippen LogP contribution is -2.64. The number of carbonyl (C=O) groups excluding carboxylic acids is 7. The van der Waals surface area contributed by atoms with Crippen molar-refractivity contribution in [2.75, 3.05) is 151 Å². The fourth-order valence-electron chi connectivity index (χ4n) is 9.58. The highest BCUT2D eigenvalue weighted by atomic mass is 31.2. The molecule has 7 amide bonds. The molecule has 18 N–H and O–H groups in total. The van der Waals surface area contributed by atoms with Crippen LogP contribution in [-0.4, -0.2) is 350 Å². The SMILES string of the molecule is CC(=O)NC1C(OCCOCCNC(=O)CN(CCCN(CC(=O)NCCOCCOC2OC(CO)C(O)C(O)C2NC(C)=O)CC(=O)NCCOCCOC2OC(CO)C(O)C(O)C2NC(C)=O)CC(=O)NCCCCCCOP(=O)(O)O)OC(CO)C(O)C1O. The van der Waals surface area contributed by atoms with Gasteiger partial charge in [-0.25, -0.2) is 4.57 Å². The average Bonchev–Trinajstić information content (AvgIpc) is 0.911. The predicted octanol–water partition coefficient (Wildman–Crippen LogP) is -9.95. The number of hydrogen-bond donors (Lipinski definition) is 18. The van der Waals surface area contributed by atoms with Gasteiger partial charge in [-0.1, -0.05) is 12.8 Å². The van der Waals surface area contributed by atoms with Crippen molar-refractivity contribution < 1.29 is 141 Å². The first-order chi connectivity index (χ1) is 43.8. The van der Waals surface area contributed by atoms with Gasteiger partial charge in [0.05, 0.1) is 112 Å². The lowest BCUT2D eigenvalue weighted by atomic mass is 9.97. The van der Waals surface area contributed by atoms with E-state index in [9.17, 15) is 84.1 Å². The van der Waals surface area contributed by atoms with Crippen molar-refractivity contribution in [3.8, 4) is 0 Å². The van der Waals surface area contributed by atoms with Gasteiger partial charge in [0.2, 0.25) is 41.4 Å². The minimum Gasteiger partial charge on any atom is -0.394 e. The van der Waals surface area contributed by atoms with Gasteiger partial charge in [-0.05, 0) is 19.3 Å².